The van der Waals surface area contributed by atoms with E-state index in [4.69, 9.17) is 9.47 Å². The molecule has 7 nitrogen and oxygen atoms in total. The Hall–Kier alpha value is -1.85. The number of ether oxygens (including phenoxy) is 2. The number of alkyl halides is 2. The van der Waals surface area contributed by atoms with E-state index in [1.165, 1.54) is 0 Å². The third-order valence-electron chi connectivity index (χ3n) is 5.33. The number of hydrogen-bond acceptors (Lipinski definition) is 4. The number of amides is 1. The Bertz CT molecular complexity index is 757. The summed E-state index contributed by atoms with van der Waals surface area (Å²) in [4.78, 5) is 19.0. The summed E-state index contributed by atoms with van der Waals surface area (Å²) >= 11 is 0. The van der Waals surface area contributed by atoms with Crippen LogP contribution in [0.1, 0.15) is 45.1 Å². The van der Waals surface area contributed by atoms with Gasteiger partial charge in [0.05, 0.1) is 18.6 Å². The second-order valence-corrected chi connectivity index (χ2v) is 7.79. The van der Waals surface area contributed by atoms with Crippen LogP contribution in [0.2, 0.25) is 0 Å². The molecular formula is C22H35F2IN4O3. The molecule has 1 fully saturated rings. The molecule has 0 atom stereocenters. The number of aliphatic imine (C=N–C) groups is 1. The Morgan fingerprint density at radius 1 is 1.22 bits per heavy atom. The van der Waals surface area contributed by atoms with E-state index >= 15 is 0 Å². The van der Waals surface area contributed by atoms with E-state index in [1.54, 1.807) is 44.1 Å². The lowest BCUT2D eigenvalue weighted by molar-refractivity contribution is -0.138. The molecule has 1 aromatic carbocycles. The van der Waals surface area contributed by atoms with E-state index in [2.05, 4.69) is 15.6 Å². The molecule has 10 heteroatoms. The topological polar surface area (TPSA) is 75.2 Å². The van der Waals surface area contributed by atoms with Gasteiger partial charge in [0.1, 0.15) is 0 Å². The van der Waals surface area contributed by atoms with Crippen molar-refractivity contribution in [3.63, 3.8) is 0 Å². The second-order valence-electron chi connectivity index (χ2n) is 7.79. The van der Waals surface area contributed by atoms with Crippen LogP contribution in [0.4, 0.5) is 8.78 Å². The van der Waals surface area contributed by atoms with Crippen molar-refractivity contribution in [2.75, 3.05) is 33.8 Å². The van der Waals surface area contributed by atoms with Gasteiger partial charge in [0, 0.05) is 32.7 Å². The summed E-state index contributed by atoms with van der Waals surface area (Å²) < 4.78 is 36.0. The van der Waals surface area contributed by atoms with E-state index < -0.39 is 12.0 Å². The fraction of sp³-hybridized carbons (Fsp3) is 0.636. The minimum atomic E-state index is -2.96. The van der Waals surface area contributed by atoms with Gasteiger partial charge in [-0.05, 0) is 32.8 Å². The van der Waals surface area contributed by atoms with Crippen molar-refractivity contribution in [1.29, 1.82) is 0 Å². The molecule has 0 unspecified atom stereocenters. The third kappa shape index (κ3) is 7.63. The average molecular weight is 568 g/mol. The van der Waals surface area contributed by atoms with Gasteiger partial charge >= 0.3 is 6.61 Å². The van der Waals surface area contributed by atoms with Gasteiger partial charge < -0.3 is 25.0 Å². The summed E-state index contributed by atoms with van der Waals surface area (Å²) in [5.41, 5.74) is 0.0433. The molecule has 1 saturated carbocycles. The van der Waals surface area contributed by atoms with Gasteiger partial charge in [-0.2, -0.15) is 8.78 Å². The lowest BCUT2D eigenvalue weighted by Gasteiger charge is -2.31. The third-order valence-corrected chi connectivity index (χ3v) is 5.33. The molecule has 1 aliphatic carbocycles. The largest absolute Gasteiger partial charge is 0.490 e. The maximum absolute atomic E-state index is 12.9. The quantitative estimate of drug-likeness (QED) is 0.254. The first-order valence-corrected chi connectivity index (χ1v) is 10.8. The smallest absolute Gasteiger partial charge is 0.387 e. The van der Waals surface area contributed by atoms with E-state index in [0.717, 1.165) is 25.7 Å². The highest BCUT2D eigenvalue weighted by Crippen LogP contribution is 2.39. The molecular weight excluding hydrogens is 533 g/mol. The lowest BCUT2D eigenvalue weighted by Crippen LogP contribution is -2.49. The SMILES string of the molecule is CCNC(=NCc1cccc(OCC)c1OC(F)F)NCC1(C(=O)N(C)C)CCCC1.I. The predicted octanol–water partition coefficient (Wildman–Crippen LogP) is 4.01. The van der Waals surface area contributed by atoms with Gasteiger partial charge in [0.25, 0.3) is 0 Å². The monoisotopic (exact) mass is 568 g/mol. The molecule has 0 radical (unpaired) electrons. The van der Waals surface area contributed by atoms with E-state index in [-0.39, 0.29) is 47.9 Å². The maximum atomic E-state index is 12.9. The van der Waals surface area contributed by atoms with Crippen LogP contribution >= 0.6 is 24.0 Å². The number of hydrogen-bond donors (Lipinski definition) is 2. The molecule has 1 aromatic rings. The Morgan fingerprint density at radius 2 is 1.91 bits per heavy atom. The van der Waals surface area contributed by atoms with Gasteiger partial charge in [-0.25, -0.2) is 4.99 Å². The minimum absolute atomic E-state index is 0. The molecule has 32 heavy (non-hydrogen) atoms. The first-order chi connectivity index (χ1) is 14.8. The van der Waals surface area contributed by atoms with Crippen molar-refractivity contribution in [3.05, 3.63) is 23.8 Å². The highest BCUT2D eigenvalue weighted by molar-refractivity contribution is 14.0. The van der Waals surface area contributed by atoms with Crippen LogP contribution in [0.5, 0.6) is 11.5 Å². The molecule has 182 valence electrons. The number of nitrogens with zero attached hydrogens (tertiary/aromatic N) is 2. The van der Waals surface area contributed by atoms with Gasteiger partial charge in [0.2, 0.25) is 5.91 Å². The maximum Gasteiger partial charge on any atom is 0.387 e. The van der Waals surface area contributed by atoms with E-state index in [0.29, 0.717) is 31.2 Å². The van der Waals surface area contributed by atoms with Crippen molar-refractivity contribution in [2.24, 2.45) is 10.4 Å². The van der Waals surface area contributed by atoms with Crippen molar-refractivity contribution in [3.8, 4) is 11.5 Å². The Labute approximate surface area is 206 Å². The summed E-state index contributed by atoms with van der Waals surface area (Å²) in [5.74, 6) is 0.888. The number of carbonyl (C=O) groups excluding carboxylic acids is 1. The zero-order valence-electron chi connectivity index (χ0n) is 19.2. The molecule has 2 rings (SSSR count). The van der Waals surface area contributed by atoms with Crippen LogP contribution in [0.15, 0.2) is 23.2 Å². The lowest BCUT2D eigenvalue weighted by atomic mass is 9.84. The normalized spacial score (nSPS) is 15.2. The van der Waals surface area contributed by atoms with E-state index in [1.807, 2.05) is 6.92 Å². The molecule has 2 N–H and O–H groups in total. The van der Waals surface area contributed by atoms with Crippen molar-refractivity contribution >= 4 is 35.8 Å². The van der Waals surface area contributed by atoms with Crippen LogP contribution < -0.4 is 20.1 Å². The van der Waals surface area contributed by atoms with Gasteiger partial charge in [0.15, 0.2) is 17.5 Å². The minimum Gasteiger partial charge on any atom is -0.490 e. The molecule has 0 spiro atoms. The number of halogens is 3. The van der Waals surface area contributed by atoms with Gasteiger partial charge in [-0.1, -0.05) is 25.0 Å². The number of carbonyl (C=O) groups is 1. The molecule has 0 aromatic heterocycles. The molecule has 0 heterocycles. The summed E-state index contributed by atoms with van der Waals surface area (Å²) in [6.07, 6.45) is 3.71. The van der Waals surface area contributed by atoms with Crippen LogP contribution in [0, 0.1) is 5.41 Å². The highest BCUT2D eigenvalue weighted by atomic mass is 127. The Balaban J connectivity index is 0.00000512. The van der Waals surface area contributed by atoms with Crippen LogP contribution in [0.25, 0.3) is 0 Å². The number of nitrogens with one attached hydrogen (secondary N) is 2. The van der Waals surface area contributed by atoms with Crippen LogP contribution in [-0.4, -0.2) is 57.2 Å². The molecule has 0 saturated heterocycles. The number of benzene rings is 1. The zero-order valence-corrected chi connectivity index (χ0v) is 21.6. The fourth-order valence-corrected chi connectivity index (χ4v) is 3.93. The van der Waals surface area contributed by atoms with E-state index in [9.17, 15) is 13.6 Å². The molecule has 1 amide bonds. The molecule has 0 bridgehead atoms. The fourth-order valence-electron chi connectivity index (χ4n) is 3.93. The first kappa shape index (κ1) is 28.2. The summed E-state index contributed by atoms with van der Waals surface area (Å²) in [6, 6.07) is 4.99. The first-order valence-electron chi connectivity index (χ1n) is 10.8. The predicted molar refractivity (Wildman–Crippen MR) is 132 cm³/mol. The van der Waals surface area contributed by atoms with Crippen molar-refractivity contribution in [2.45, 2.75) is 52.7 Å². The standard InChI is InChI=1S/C22H34F2N4O3.HI/c1-5-25-21(27-15-22(12-7-8-13-22)19(29)28(3)4)26-14-16-10-9-11-17(30-6-2)18(16)31-20(23)24;/h9-11,20H,5-8,12-15H2,1-4H3,(H2,25,26,27);1H. The molecule has 0 aliphatic heterocycles. The highest BCUT2D eigenvalue weighted by Gasteiger charge is 2.42. The number of para-hydroxylation sites is 1. The molecule has 1 aliphatic rings. The second kappa shape index (κ2) is 13.6. The van der Waals surface area contributed by atoms with Crippen molar-refractivity contribution in [1.82, 2.24) is 15.5 Å². The Morgan fingerprint density at radius 3 is 2.47 bits per heavy atom. The average Bonchev–Trinajstić information content (AvgIpc) is 3.21. The zero-order chi connectivity index (χ0) is 22.9. The van der Waals surface area contributed by atoms with Crippen LogP contribution in [0.3, 0.4) is 0 Å². The van der Waals surface area contributed by atoms with Gasteiger partial charge in [-0.15, -0.1) is 24.0 Å². The summed E-state index contributed by atoms with van der Waals surface area (Å²) in [5, 5.41) is 6.44. The summed E-state index contributed by atoms with van der Waals surface area (Å²) in [6.45, 7) is 2.29. The van der Waals surface area contributed by atoms with Crippen LogP contribution in [-0.2, 0) is 11.3 Å². The summed E-state index contributed by atoms with van der Waals surface area (Å²) in [7, 11) is 3.55. The Kier molecular flexibility index (Phi) is 12.0. The van der Waals surface area contributed by atoms with Gasteiger partial charge in [-0.3, -0.25) is 4.79 Å². The number of rotatable bonds is 10. The number of guanidine groups is 1. The van der Waals surface area contributed by atoms with Crippen molar-refractivity contribution < 1.29 is 23.0 Å².